The summed E-state index contributed by atoms with van der Waals surface area (Å²) in [5.74, 6) is 0.0448. The second-order valence-corrected chi connectivity index (χ2v) is 6.93. The van der Waals surface area contributed by atoms with Crippen LogP contribution in [0.1, 0.15) is 13.8 Å². The Bertz CT molecular complexity index is 486. The third kappa shape index (κ3) is 4.47. The van der Waals surface area contributed by atoms with Crippen molar-refractivity contribution in [3.63, 3.8) is 0 Å². The van der Waals surface area contributed by atoms with Crippen molar-refractivity contribution in [3.8, 4) is 0 Å². The summed E-state index contributed by atoms with van der Waals surface area (Å²) in [4.78, 5) is 0.206. The van der Waals surface area contributed by atoms with E-state index < -0.39 is 9.84 Å². The first-order chi connectivity index (χ1) is 7.83. The van der Waals surface area contributed by atoms with Gasteiger partial charge in [-0.3, -0.25) is 0 Å². The van der Waals surface area contributed by atoms with Crippen LogP contribution in [-0.4, -0.2) is 26.8 Å². The Labute approximate surface area is 112 Å². The van der Waals surface area contributed by atoms with E-state index >= 15 is 0 Å². The summed E-state index contributed by atoms with van der Waals surface area (Å²) in [7, 11) is -3.30. The summed E-state index contributed by atoms with van der Waals surface area (Å²) in [6.45, 7) is 4.35. The molecule has 0 aliphatic rings. The molecular formula is C11H15Cl2NO2S. The van der Waals surface area contributed by atoms with Gasteiger partial charge in [-0.1, -0.05) is 37.0 Å². The molecule has 0 heterocycles. The van der Waals surface area contributed by atoms with Crippen LogP contribution >= 0.6 is 23.2 Å². The second-order valence-electron chi connectivity index (χ2n) is 4.00. The molecule has 1 aromatic rings. The van der Waals surface area contributed by atoms with Gasteiger partial charge >= 0.3 is 0 Å². The first-order valence-corrected chi connectivity index (χ1v) is 7.65. The summed E-state index contributed by atoms with van der Waals surface area (Å²) < 4.78 is 23.9. The predicted molar refractivity (Wildman–Crippen MR) is 71.7 cm³/mol. The molecule has 0 atom stereocenters. The Kier molecular flexibility index (Phi) is 5.25. The lowest BCUT2D eigenvalue weighted by atomic mass is 10.4. The average molecular weight is 296 g/mol. The molecule has 1 rings (SSSR count). The van der Waals surface area contributed by atoms with Gasteiger partial charge in [-0.25, -0.2) is 8.42 Å². The Morgan fingerprint density at radius 1 is 1.24 bits per heavy atom. The maximum atomic E-state index is 11.9. The fraction of sp³-hybridized carbons (Fsp3) is 0.455. The third-order valence-corrected chi connectivity index (χ3v) is 4.63. The molecule has 1 N–H and O–H groups in total. The van der Waals surface area contributed by atoms with Crippen molar-refractivity contribution in [2.24, 2.45) is 0 Å². The molecule has 0 aromatic heterocycles. The highest BCUT2D eigenvalue weighted by atomic mass is 35.5. The Morgan fingerprint density at radius 2 is 1.88 bits per heavy atom. The molecule has 17 heavy (non-hydrogen) atoms. The molecule has 0 aliphatic carbocycles. The molecule has 0 saturated heterocycles. The first kappa shape index (κ1) is 14.8. The number of rotatable bonds is 5. The SMILES string of the molecule is CC(C)NCCS(=O)(=O)c1ccc(Cl)c(Cl)c1. The van der Waals surface area contributed by atoms with Gasteiger partial charge in [0.25, 0.3) is 0 Å². The molecule has 3 nitrogen and oxygen atoms in total. The zero-order chi connectivity index (χ0) is 13.1. The number of sulfone groups is 1. The van der Waals surface area contributed by atoms with Crippen molar-refractivity contribution in [3.05, 3.63) is 28.2 Å². The van der Waals surface area contributed by atoms with Gasteiger partial charge in [0.15, 0.2) is 9.84 Å². The highest BCUT2D eigenvalue weighted by Gasteiger charge is 2.15. The molecule has 0 radical (unpaired) electrons. The minimum absolute atomic E-state index is 0.0448. The molecule has 0 saturated carbocycles. The fourth-order valence-electron chi connectivity index (χ4n) is 1.27. The Morgan fingerprint density at radius 3 is 2.41 bits per heavy atom. The van der Waals surface area contributed by atoms with Crippen LogP contribution in [0, 0.1) is 0 Å². The van der Waals surface area contributed by atoms with E-state index in [1.807, 2.05) is 13.8 Å². The molecule has 0 fully saturated rings. The summed E-state index contributed by atoms with van der Waals surface area (Å²) in [5, 5.41) is 3.67. The van der Waals surface area contributed by atoms with Crippen LogP contribution in [0.5, 0.6) is 0 Å². The van der Waals surface area contributed by atoms with Crippen LogP contribution in [0.4, 0.5) is 0 Å². The van der Waals surface area contributed by atoms with E-state index in [4.69, 9.17) is 23.2 Å². The second kappa shape index (κ2) is 6.05. The minimum atomic E-state index is -3.30. The molecule has 0 unspecified atom stereocenters. The summed E-state index contributed by atoms with van der Waals surface area (Å²) in [5.41, 5.74) is 0. The molecular weight excluding hydrogens is 281 g/mol. The number of hydrogen-bond donors (Lipinski definition) is 1. The zero-order valence-corrected chi connectivity index (χ0v) is 12.0. The lowest BCUT2D eigenvalue weighted by Crippen LogP contribution is -2.28. The van der Waals surface area contributed by atoms with Crippen LogP contribution in [0.15, 0.2) is 23.1 Å². The lowest BCUT2D eigenvalue weighted by molar-refractivity contribution is 0.578. The molecule has 0 aliphatic heterocycles. The quantitative estimate of drug-likeness (QED) is 0.909. The highest BCUT2D eigenvalue weighted by Crippen LogP contribution is 2.25. The van der Waals surface area contributed by atoms with Gasteiger partial charge in [-0.15, -0.1) is 0 Å². The average Bonchev–Trinajstić information content (AvgIpc) is 2.21. The van der Waals surface area contributed by atoms with Gasteiger partial charge in [0.1, 0.15) is 0 Å². The van der Waals surface area contributed by atoms with E-state index in [1.165, 1.54) is 18.2 Å². The largest absolute Gasteiger partial charge is 0.314 e. The minimum Gasteiger partial charge on any atom is -0.314 e. The van der Waals surface area contributed by atoms with Gasteiger partial charge in [-0.05, 0) is 18.2 Å². The normalized spacial score (nSPS) is 12.1. The molecule has 96 valence electrons. The van der Waals surface area contributed by atoms with Crippen LogP contribution in [0.3, 0.4) is 0 Å². The maximum absolute atomic E-state index is 11.9. The fourth-order valence-corrected chi connectivity index (χ4v) is 2.83. The van der Waals surface area contributed by atoms with Gasteiger partial charge in [0.05, 0.1) is 20.7 Å². The van der Waals surface area contributed by atoms with Crippen molar-refractivity contribution < 1.29 is 8.42 Å². The lowest BCUT2D eigenvalue weighted by Gasteiger charge is -2.09. The number of nitrogens with one attached hydrogen (secondary N) is 1. The van der Waals surface area contributed by atoms with Crippen molar-refractivity contribution in [1.82, 2.24) is 5.32 Å². The number of halogens is 2. The molecule has 0 bridgehead atoms. The van der Waals surface area contributed by atoms with E-state index in [1.54, 1.807) is 0 Å². The van der Waals surface area contributed by atoms with Crippen molar-refractivity contribution in [1.29, 1.82) is 0 Å². The molecule has 1 aromatic carbocycles. The van der Waals surface area contributed by atoms with Crippen molar-refractivity contribution in [2.45, 2.75) is 24.8 Å². The summed E-state index contributed by atoms with van der Waals surface area (Å²) >= 11 is 11.5. The summed E-state index contributed by atoms with van der Waals surface area (Å²) in [6.07, 6.45) is 0. The monoisotopic (exact) mass is 295 g/mol. The van der Waals surface area contributed by atoms with Gasteiger partial charge in [0.2, 0.25) is 0 Å². The van der Waals surface area contributed by atoms with E-state index in [2.05, 4.69) is 5.32 Å². The van der Waals surface area contributed by atoms with E-state index in [0.717, 1.165) is 0 Å². The van der Waals surface area contributed by atoms with E-state index in [0.29, 0.717) is 11.6 Å². The Balaban J connectivity index is 2.79. The Hall–Kier alpha value is -0.290. The maximum Gasteiger partial charge on any atom is 0.179 e. The van der Waals surface area contributed by atoms with Gasteiger partial charge in [0, 0.05) is 12.6 Å². The molecule has 0 spiro atoms. The van der Waals surface area contributed by atoms with Gasteiger partial charge in [-0.2, -0.15) is 0 Å². The van der Waals surface area contributed by atoms with Crippen LogP contribution < -0.4 is 5.32 Å². The summed E-state index contributed by atoms with van der Waals surface area (Å²) in [6, 6.07) is 4.61. The topological polar surface area (TPSA) is 46.2 Å². The molecule has 6 heteroatoms. The number of benzene rings is 1. The van der Waals surface area contributed by atoms with Crippen molar-refractivity contribution >= 4 is 33.0 Å². The van der Waals surface area contributed by atoms with Gasteiger partial charge < -0.3 is 5.32 Å². The van der Waals surface area contributed by atoms with E-state index in [-0.39, 0.29) is 21.7 Å². The standard InChI is InChI=1S/C11H15Cl2NO2S/c1-8(2)14-5-6-17(15,16)9-3-4-10(12)11(13)7-9/h3-4,7-8,14H,5-6H2,1-2H3. The first-order valence-electron chi connectivity index (χ1n) is 5.24. The predicted octanol–water partition coefficient (Wildman–Crippen LogP) is 2.77. The van der Waals surface area contributed by atoms with Crippen molar-refractivity contribution in [2.75, 3.05) is 12.3 Å². The smallest absolute Gasteiger partial charge is 0.179 e. The highest BCUT2D eigenvalue weighted by molar-refractivity contribution is 7.91. The van der Waals surface area contributed by atoms with Crippen LogP contribution in [-0.2, 0) is 9.84 Å². The van der Waals surface area contributed by atoms with Crippen LogP contribution in [0.25, 0.3) is 0 Å². The van der Waals surface area contributed by atoms with Crippen LogP contribution in [0.2, 0.25) is 10.0 Å². The third-order valence-electron chi connectivity index (χ3n) is 2.17. The number of hydrogen-bond acceptors (Lipinski definition) is 3. The molecule has 0 amide bonds. The zero-order valence-electron chi connectivity index (χ0n) is 9.70. The van der Waals surface area contributed by atoms with E-state index in [9.17, 15) is 8.42 Å².